The van der Waals surface area contributed by atoms with E-state index in [1.807, 2.05) is 18.2 Å². The number of carbonyl (C=O) groups is 2. The smallest absolute Gasteiger partial charge is 0.237 e. The number of nitrogens with two attached hydrogens (primary N) is 1. The van der Waals surface area contributed by atoms with Gasteiger partial charge in [0.05, 0.1) is 11.5 Å². The molecule has 2 heterocycles. The maximum atomic E-state index is 12.7. The molecule has 2 fully saturated rings. The van der Waals surface area contributed by atoms with Crippen molar-refractivity contribution in [1.82, 2.24) is 10.2 Å². The van der Waals surface area contributed by atoms with Gasteiger partial charge in [-0.2, -0.15) is 0 Å². The Hall–Kier alpha value is -1.92. The van der Waals surface area contributed by atoms with Crippen LogP contribution in [0.3, 0.4) is 0 Å². The summed E-state index contributed by atoms with van der Waals surface area (Å²) in [5.41, 5.74) is 6.15. The first kappa shape index (κ1) is 17.9. The summed E-state index contributed by atoms with van der Waals surface area (Å²) in [7, 11) is 0. The van der Waals surface area contributed by atoms with Crippen LogP contribution in [0.25, 0.3) is 0 Å². The fourth-order valence-electron chi connectivity index (χ4n) is 3.78. The number of benzene rings is 1. The molecule has 2 aliphatic heterocycles. The molecule has 6 nitrogen and oxygen atoms in total. The SMILES string of the molecule is NC(=O)C1(CNC(=O)C2CCCN2Cc2ccccc2)CCOCC1. The largest absolute Gasteiger partial charge is 0.381 e. The number of primary amides is 1. The average molecular weight is 345 g/mol. The summed E-state index contributed by atoms with van der Waals surface area (Å²) in [5.74, 6) is -0.343. The summed E-state index contributed by atoms with van der Waals surface area (Å²) in [6.07, 6.45) is 3.01. The van der Waals surface area contributed by atoms with Crippen molar-refractivity contribution in [1.29, 1.82) is 0 Å². The van der Waals surface area contributed by atoms with E-state index in [0.717, 1.165) is 25.9 Å². The van der Waals surface area contributed by atoms with Crippen LogP contribution in [-0.4, -0.2) is 49.1 Å². The standard InChI is InChI=1S/C19H27N3O3/c20-18(24)19(8-11-25-12-9-19)14-21-17(23)16-7-4-10-22(16)13-15-5-2-1-3-6-15/h1-3,5-6,16H,4,7-14H2,(H2,20,24)(H,21,23). The van der Waals surface area contributed by atoms with Gasteiger partial charge in [0.2, 0.25) is 11.8 Å². The highest BCUT2D eigenvalue weighted by Gasteiger charge is 2.40. The van der Waals surface area contributed by atoms with E-state index < -0.39 is 5.41 Å². The molecule has 1 aromatic carbocycles. The van der Waals surface area contributed by atoms with E-state index in [-0.39, 0.29) is 17.9 Å². The van der Waals surface area contributed by atoms with Crippen LogP contribution in [0, 0.1) is 5.41 Å². The van der Waals surface area contributed by atoms with Gasteiger partial charge < -0.3 is 15.8 Å². The van der Waals surface area contributed by atoms with E-state index in [1.165, 1.54) is 5.56 Å². The lowest BCUT2D eigenvalue weighted by molar-refractivity contribution is -0.134. The first-order valence-corrected chi connectivity index (χ1v) is 9.04. The van der Waals surface area contributed by atoms with Gasteiger partial charge in [0.25, 0.3) is 0 Å². The molecule has 2 saturated heterocycles. The molecule has 0 spiro atoms. The third kappa shape index (κ3) is 4.19. The summed E-state index contributed by atoms with van der Waals surface area (Å²) < 4.78 is 5.34. The number of hydrogen-bond acceptors (Lipinski definition) is 4. The molecular weight excluding hydrogens is 318 g/mol. The van der Waals surface area contributed by atoms with E-state index >= 15 is 0 Å². The number of amides is 2. The van der Waals surface area contributed by atoms with Gasteiger partial charge in [-0.3, -0.25) is 14.5 Å². The molecule has 6 heteroatoms. The Morgan fingerprint density at radius 1 is 1.24 bits per heavy atom. The molecule has 136 valence electrons. The van der Waals surface area contributed by atoms with Crippen molar-refractivity contribution in [2.24, 2.45) is 11.1 Å². The molecule has 3 N–H and O–H groups in total. The van der Waals surface area contributed by atoms with Crippen molar-refractivity contribution in [3.63, 3.8) is 0 Å². The van der Waals surface area contributed by atoms with Gasteiger partial charge >= 0.3 is 0 Å². The third-order valence-electron chi connectivity index (χ3n) is 5.47. The Morgan fingerprint density at radius 2 is 1.96 bits per heavy atom. The summed E-state index contributed by atoms with van der Waals surface area (Å²) in [6, 6.07) is 10.1. The highest BCUT2D eigenvalue weighted by atomic mass is 16.5. The number of ether oxygens (including phenoxy) is 1. The molecule has 0 bridgehead atoms. The summed E-state index contributed by atoms with van der Waals surface area (Å²) >= 11 is 0. The van der Waals surface area contributed by atoms with Gasteiger partial charge in [0, 0.05) is 26.3 Å². The van der Waals surface area contributed by atoms with Gasteiger partial charge in [0.1, 0.15) is 0 Å². The summed E-state index contributed by atoms with van der Waals surface area (Å²) in [5, 5.41) is 3.00. The van der Waals surface area contributed by atoms with Gasteiger partial charge in [-0.1, -0.05) is 30.3 Å². The second-order valence-corrected chi connectivity index (χ2v) is 7.09. The number of likely N-dealkylation sites (tertiary alicyclic amines) is 1. The molecule has 1 unspecified atom stereocenters. The first-order chi connectivity index (χ1) is 12.1. The summed E-state index contributed by atoms with van der Waals surface area (Å²) in [4.78, 5) is 26.9. The minimum atomic E-state index is -0.670. The van der Waals surface area contributed by atoms with Crippen molar-refractivity contribution in [3.8, 4) is 0 Å². The zero-order valence-corrected chi connectivity index (χ0v) is 14.6. The number of hydrogen-bond donors (Lipinski definition) is 2. The second-order valence-electron chi connectivity index (χ2n) is 7.09. The number of carbonyl (C=O) groups excluding carboxylic acids is 2. The fourth-order valence-corrected chi connectivity index (χ4v) is 3.78. The van der Waals surface area contributed by atoms with E-state index in [2.05, 4.69) is 22.3 Å². The van der Waals surface area contributed by atoms with Crippen molar-refractivity contribution in [2.45, 2.75) is 38.3 Å². The van der Waals surface area contributed by atoms with Gasteiger partial charge in [-0.15, -0.1) is 0 Å². The normalized spacial score (nSPS) is 23.3. The molecule has 0 saturated carbocycles. The molecule has 0 aromatic heterocycles. The zero-order valence-electron chi connectivity index (χ0n) is 14.6. The van der Waals surface area contributed by atoms with Crippen LogP contribution in [-0.2, 0) is 20.9 Å². The maximum Gasteiger partial charge on any atom is 0.237 e. The molecule has 3 rings (SSSR count). The minimum Gasteiger partial charge on any atom is -0.381 e. The van der Waals surface area contributed by atoms with Crippen LogP contribution in [0.5, 0.6) is 0 Å². The zero-order chi connectivity index (χ0) is 17.7. The lowest BCUT2D eigenvalue weighted by Crippen LogP contribution is -2.52. The first-order valence-electron chi connectivity index (χ1n) is 9.04. The van der Waals surface area contributed by atoms with E-state index in [0.29, 0.717) is 32.6 Å². The lowest BCUT2D eigenvalue weighted by atomic mass is 9.79. The number of rotatable bonds is 6. The molecular formula is C19H27N3O3. The Labute approximate surface area is 148 Å². The van der Waals surface area contributed by atoms with Crippen LogP contribution in [0.4, 0.5) is 0 Å². The van der Waals surface area contributed by atoms with E-state index in [1.54, 1.807) is 0 Å². The predicted molar refractivity (Wildman–Crippen MR) is 94.6 cm³/mol. The maximum absolute atomic E-state index is 12.7. The predicted octanol–water partition coefficient (Wildman–Crippen LogP) is 1.05. The quantitative estimate of drug-likeness (QED) is 0.807. The monoisotopic (exact) mass is 345 g/mol. The topological polar surface area (TPSA) is 84.7 Å². The molecule has 2 aliphatic rings. The number of nitrogens with one attached hydrogen (secondary N) is 1. The Bertz CT molecular complexity index is 599. The Balaban J connectivity index is 1.59. The van der Waals surface area contributed by atoms with E-state index in [9.17, 15) is 9.59 Å². The van der Waals surface area contributed by atoms with E-state index in [4.69, 9.17) is 10.5 Å². The van der Waals surface area contributed by atoms with Crippen LogP contribution in [0.1, 0.15) is 31.2 Å². The van der Waals surface area contributed by atoms with Crippen LogP contribution in [0.2, 0.25) is 0 Å². The molecule has 1 atom stereocenters. The van der Waals surface area contributed by atoms with Crippen LogP contribution in [0.15, 0.2) is 30.3 Å². The van der Waals surface area contributed by atoms with Gasteiger partial charge in [-0.25, -0.2) is 0 Å². The van der Waals surface area contributed by atoms with Crippen molar-refractivity contribution >= 4 is 11.8 Å². The minimum absolute atomic E-state index is 0.000507. The Kier molecular flexibility index (Phi) is 5.71. The molecule has 25 heavy (non-hydrogen) atoms. The van der Waals surface area contributed by atoms with Crippen LogP contribution < -0.4 is 11.1 Å². The lowest BCUT2D eigenvalue weighted by Gasteiger charge is -2.35. The van der Waals surface area contributed by atoms with Crippen molar-refractivity contribution in [2.75, 3.05) is 26.3 Å². The molecule has 0 radical (unpaired) electrons. The highest BCUT2D eigenvalue weighted by Crippen LogP contribution is 2.29. The number of nitrogens with zero attached hydrogens (tertiary/aromatic N) is 1. The van der Waals surface area contributed by atoms with Gasteiger partial charge in [0.15, 0.2) is 0 Å². The fraction of sp³-hybridized carbons (Fsp3) is 0.579. The third-order valence-corrected chi connectivity index (χ3v) is 5.47. The Morgan fingerprint density at radius 3 is 2.64 bits per heavy atom. The highest BCUT2D eigenvalue weighted by molar-refractivity contribution is 5.85. The second kappa shape index (κ2) is 7.97. The van der Waals surface area contributed by atoms with Crippen LogP contribution >= 0.6 is 0 Å². The average Bonchev–Trinajstić information content (AvgIpc) is 3.09. The molecule has 2 amide bonds. The van der Waals surface area contributed by atoms with Gasteiger partial charge in [-0.05, 0) is 37.8 Å². The summed E-state index contributed by atoms with van der Waals surface area (Å²) in [6.45, 7) is 3.03. The van der Waals surface area contributed by atoms with Crippen molar-refractivity contribution in [3.05, 3.63) is 35.9 Å². The molecule has 0 aliphatic carbocycles. The van der Waals surface area contributed by atoms with Crippen molar-refractivity contribution < 1.29 is 14.3 Å². The molecule has 1 aromatic rings.